The van der Waals surface area contributed by atoms with Crippen LogP contribution in [-0.2, 0) is 9.84 Å². The van der Waals surface area contributed by atoms with E-state index in [2.05, 4.69) is 0 Å². The van der Waals surface area contributed by atoms with Gasteiger partial charge in [-0.2, -0.15) is 5.26 Å². The average molecular weight is 333 g/mol. The summed E-state index contributed by atoms with van der Waals surface area (Å²) in [4.78, 5) is 0.150. The first-order valence-corrected chi connectivity index (χ1v) is 9.07. The molecule has 114 valence electrons. The van der Waals surface area contributed by atoms with Crippen molar-refractivity contribution in [2.75, 3.05) is 12.9 Å². The van der Waals surface area contributed by atoms with Crippen molar-refractivity contribution >= 4 is 21.6 Å². The lowest BCUT2D eigenvalue weighted by Gasteiger charge is -2.15. The van der Waals surface area contributed by atoms with Gasteiger partial charge in [-0.15, -0.1) is 0 Å². The summed E-state index contributed by atoms with van der Waals surface area (Å²) in [6, 6.07) is 15.7. The van der Waals surface area contributed by atoms with Gasteiger partial charge in [0.25, 0.3) is 0 Å². The molecule has 2 rings (SSSR count). The Morgan fingerprint density at radius 3 is 2.41 bits per heavy atom. The first kappa shape index (κ1) is 16.4. The van der Waals surface area contributed by atoms with Gasteiger partial charge in [0.05, 0.1) is 18.1 Å². The Balaban J connectivity index is 2.35. The normalized spacial score (nSPS) is 12.4. The van der Waals surface area contributed by atoms with Crippen LogP contribution in [0.2, 0.25) is 0 Å². The van der Waals surface area contributed by atoms with Crippen LogP contribution in [0.3, 0.4) is 0 Å². The first-order chi connectivity index (χ1) is 10.6. The molecule has 0 fully saturated rings. The quantitative estimate of drug-likeness (QED) is 0.758. The minimum Gasteiger partial charge on any atom is -0.495 e. The third-order valence-electron chi connectivity index (χ3n) is 3.14. The fourth-order valence-electron chi connectivity index (χ4n) is 2.09. The molecule has 0 aliphatic rings. The number of methoxy groups -OCH3 is 1. The minimum atomic E-state index is -3.57. The van der Waals surface area contributed by atoms with Gasteiger partial charge in [0.15, 0.2) is 9.84 Å². The summed E-state index contributed by atoms with van der Waals surface area (Å²) in [5.41, 5.74) is 0.813. The van der Waals surface area contributed by atoms with Gasteiger partial charge < -0.3 is 4.74 Å². The van der Waals surface area contributed by atoms with Crippen LogP contribution in [0.1, 0.15) is 10.8 Å². The molecule has 0 radical (unpaired) electrons. The standard InChI is InChI=1S/C16H15NO3S2/c1-20-14-9-5-6-10-16(14)22(18,19)11-15(21-12-17)13-7-3-2-4-8-13/h2-10,15H,11H2,1H3/t15-/m1/s1. The van der Waals surface area contributed by atoms with Crippen LogP contribution >= 0.6 is 11.8 Å². The van der Waals surface area contributed by atoms with Crippen LogP contribution in [-0.4, -0.2) is 21.3 Å². The maximum absolute atomic E-state index is 12.7. The van der Waals surface area contributed by atoms with Gasteiger partial charge in [-0.1, -0.05) is 42.5 Å². The molecule has 0 spiro atoms. The Bertz CT molecular complexity index is 767. The molecule has 0 saturated carbocycles. The Morgan fingerprint density at radius 2 is 1.77 bits per heavy atom. The fourth-order valence-corrected chi connectivity index (χ4v) is 4.84. The zero-order valence-corrected chi connectivity index (χ0v) is 13.6. The van der Waals surface area contributed by atoms with Crippen LogP contribution in [0, 0.1) is 10.7 Å². The molecule has 0 bridgehead atoms. The van der Waals surface area contributed by atoms with Crippen LogP contribution in [0.5, 0.6) is 5.75 Å². The number of nitriles is 1. The molecule has 2 aromatic carbocycles. The highest BCUT2D eigenvalue weighted by molar-refractivity contribution is 8.04. The summed E-state index contributed by atoms with van der Waals surface area (Å²) in [6.45, 7) is 0. The van der Waals surface area contributed by atoms with E-state index in [0.29, 0.717) is 5.75 Å². The number of para-hydroxylation sites is 1. The van der Waals surface area contributed by atoms with Gasteiger partial charge in [-0.05, 0) is 29.5 Å². The Morgan fingerprint density at radius 1 is 1.14 bits per heavy atom. The van der Waals surface area contributed by atoms with Crippen molar-refractivity contribution in [1.82, 2.24) is 0 Å². The number of hydrogen-bond acceptors (Lipinski definition) is 5. The second kappa shape index (κ2) is 7.34. The number of benzene rings is 2. The van der Waals surface area contributed by atoms with Gasteiger partial charge in [0, 0.05) is 0 Å². The molecule has 6 heteroatoms. The van der Waals surface area contributed by atoms with E-state index in [1.807, 2.05) is 35.7 Å². The molecule has 0 saturated heterocycles. The van der Waals surface area contributed by atoms with E-state index < -0.39 is 15.1 Å². The van der Waals surface area contributed by atoms with E-state index >= 15 is 0 Å². The van der Waals surface area contributed by atoms with E-state index in [1.54, 1.807) is 18.2 Å². The third-order valence-corrected chi connectivity index (χ3v) is 5.96. The Kier molecular flexibility index (Phi) is 5.47. The van der Waals surface area contributed by atoms with Gasteiger partial charge in [0.2, 0.25) is 0 Å². The highest BCUT2D eigenvalue weighted by Crippen LogP contribution is 2.33. The zero-order chi connectivity index (χ0) is 16.0. The number of sulfone groups is 1. The molecular weight excluding hydrogens is 318 g/mol. The maximum atomic E-state index is 12.7. The lowest BCUT2D eigenvalue weighted by Crippen LogP contribution is -2.13. The van der Waals surface area contributed by atoms with Crippen LogP contribution in [0.25, 0.3) is 0 Å². The number of rotatable bonds is 6. The van der Waals surface area contributed by atoms with Crippen LogP contribution in [0.4, 0.5) is 0 Å². The lowest BCUT2D eigenvalue weighted by molar-refractivity contribution is 0.402. The first-order valence-electron chi connectivity index (χ1n) is 6.54. The molecular formula is C16H15NO3S2. The van der Waals surface area contributed by atoms with E-state index in [0.717, 1.165) is 17.3 Å². The predicted octanol–water partition coefficient (Wildman–Crippen LogP) is 3.42. The summed E-state index contributed by atoms with van der Waals surface area (Å²) in [5.74, 6) is 0.159. The van der Waals surface area contributed by atoms with E-state index in [9.17, 15) is 8.42 Å². The predicted molar refractivity (Wildman–Crippen MR) is 87.4 cm³/mol. The molecule has 0 heterocycles. The lowest BCUT2D eigenvalue weighted by atomic mass is 10.2. The van der Waals surface area contributed by atoms with Crippen molar-refractivity contribution in [2.24, 2.45) is 0 Å². The topological polar surface area (TPSA) is 67.2 Å². The van der Waals surface area contributed by atoms with E-state index in [4.69, 9.17) is 10.00 Å². The average Bonchev–Trinajstić information content (AvgIpc) is 2.55. The van der Waals surface area contributed by atoms with Crippen molar-refractivity contribution in [3.8, 4) is 11.2 Å². The SMILES string of the molecule is COc1ccccc1S(=O)(=O)C[C@@H](SC#N)c1ccccc1. The smallest absolute Gasteiger partial charge is 0.183 e. The van der Waals surface area contributed by atoms with Gasteiger partial charge in [-0.3, -0.25) is 0 Å². The van der Waals surface area contributed by atoms with Gasteiger partial charge >= 0.3 is 0 Å². The second-order valence-electron chi connectivity index (χ2n) is 4.54. The van der Waals surface area contributed by atoms with E-state index in [-0.39, 0.29) is 10.6 Å². The summed E-state index contributed by atoms with van der Waals surface area (Å²) >= 11 is 0.950. The second-order valence-corrected chi connectivity index (χ2v) is 7.53. The van der Waals surface area contributed by atoms with Crippen molar-refractivity contribution in [1.29, 1.82) is 5.26 Å². The summed E-state index contributed by atoms with van der Waals surface area (Å²) in [7, 11) is -2.13. The summed E-state index contributed by atoms with van der Waals surface area (Å²) in [6.07, 6.45) is 0. The number of ether oxygens (including phenoxy) is 1. The monoisotopic (exact) mass is 333 g/mol. The largest absolute Gasteiger partial charge is 0.495 e. The molecule has 0 aliphatic carbocycles. The van der Waals surface area contributed by atoms with Crippen molar-refractivity contribution in [2.45, 2.75) is 10.1 Å². The van der Waals surface area contributed by atoms with Gasteiger partial charge in [0.1, 0.15) is 16.0 Å². The number of nitrogens with zero attached hydrogens (tertiary/aromatic N) is 1. The molecule has 0 aromatic heterocycles. The van der Waals surface area contributed by atoms with Gasteiger partial charge in [-0.25, -0.2) is 8.42 Å². The molecule has 22 heavy (non-hydrogen) atoms. The molecule has 4 nitrogen and oxygen atoms in total. The number of thioether (sulfide) groups is 1. The van der Waals surface area contributed by atoms with Crippen molar-refractivity contribution in [3.63, 3.8) is 0 Å². The minimum absolute atomic E-state index is 0.150. The van der Waals surface area contributed by atoms with Crippen LogP contribution in [0.15, 0.2) is 59.5 Å². The molecule has 0 N–H and O–H groups in total. The zero-order valence-electron chi connectivity index (χ0n) is 12.0. The van der Waals surface area contributed by atoms with Crippen molar-refractivity contribution in [3.05, 3.63) is 60.2 Å². The summed E-state index contributed by atoms with van der Waals surface area (Å²) in [5, 5.41) is 10.5. The van der Waals surface area contributed by atoms with E-state index in [1.165, 1.54) is 13.2 Å². The fraction of sp³-hybridized carbons (Fsp3) is 0.188. The Hall–Kier alpha value is -1.97. The van der Waals surface area contributed by atoms with Crippen LogP contribution < -0.4 is 4.74 Å². The maximum Gasteiger partial charge on any atom is 0.183 e. The molecule has 0 amide bonds. The number of thiocyanates is 1. The highest BCUT2D eigenvalue weighted by atomic mass is 32.2. The van der Waals surface area contributed by atoms with Crippen molar-refractivity contribution < 1.29 is 13.2 Å². The molecule has 2 aromatic rings. The summed E-state index contributed by atoms with van der Waals surface area (Å²) < 4.78 is 30.5. The Labute approximate surface area is 134 Å². The third kappa shape index (κ3) is 3.81. The highest BCUT2D eigenvalue weighted by Gasteiger charge is 2.25. The molecule has 0 unspecified atom stereocenters. The molecule has 1 atom stereocenters. The number of hydrogen-bond donors (Lipinski definition) is 0. The molecule has 0 aliphatic heterocycles.